The van der Waals surface area contributed by atoms with Crippen molar-refractivity contribution in [1.29, 1.82) is 0 Å². The molecular weight excluding hydrogens is 546 g/mol. The van der Waals surface area contributed by atoms with E-state index in [-0.39, 0.29) is 4.90 Å². The van der Waals surface area contributed by atoms with Gasteiger partial charge >= 0.3 is 0 Å². The maximum Gasteiger partial charge on any atom is 0.264 e. The molecule has 0 aliphatic heterocycles. The van der Waals surface area contributed by atoms with Gasteiger partial charge in [0.2, 0.25) is 0 Å². The van der Waals surface area contributed by atoms with Gasteiger partial charge in [-0.05, 0) is 95.4 Å². The average molecular weight is 578 g/mol. The second-order valence-electron chi connectivity index (χ2n) is 9.88. The maximum absolute atomic E-state index is 13.6. The lowest BCUT2D eigenvalue weighted by Crippen LogP contribution is -2.40. The zero-order valence-electron chi connectivity index (χ0n) is 23.4. The summed E-state index contributed by atoms with van der Waals surface area (Å²) in [6.45, 7) is 3.75. The van der Waals surface area contributed by atoms with Gasteiger partial charge in [0, 0.05) is 0 Å². The molecule has 0 unspecified atom stereocenters. The number of hydrazone groups is 1. The number of hydrogen-bond acceptors (Lipinski definition) is 5. The summed E-state index contributed by atoms with van der Waals surface area (Å²) in [5.74, 6) is 0.140. The third-order valence-electron chi connectivity index (χ3n) is 6.97. The van der Waals surface area contributed by atoms with E-state index in [0.29, 0.717) is 18.0 Å². The van der Waals surface area contributed by atoms with Gasteiger partial charge in [0.1, 0.15) is 18.9 Å². The monoisotopic (exact) mass is 577 g/mol. The molecule has 0 atom stereocenters. The van der Waals surface area contributed by atoms with Gasteiger partial charge in [-0.15, -0.1) is 0 Å². The molecule has 0 saturated carbocycles. The van der Waals surface area contributed by atoms with Crippen LogP contribution in [0.3, 0.4) is 0 Å². The van der Waals surface area contributed by atoms with Crippen molar-refractivity contribution in [1.82, 2.24) is 5.43 Å². The summed E-state index contributed by atoms with van der Waals surface area (Å²) in [7, 11) is -4.00. The quantitative estimate of drug-likeness (QED) is 0.154. The third-order valence-corrected chi connectivity index (χ3v) is 8.74. The zero-order valence-corrected chi connectivity index (χ0v) is 24.2. The number of sulfonamides is 1. The normalized spacial score (nSPS) is 11.5. The number of ether oxygens (including phenoxy) is 1. The van der Waals surface area contributed by atoms with Crippen LogP contribution in [0.2, 0.25) is 0 Å². The number of amides is 1. The fourth-order valence-electron chi connectivity index (χ4n) is 4.52. The molecule has 7 nitrogen and oxygen atoms in total. The summed E-state index contributed by atoms with van der Waals surface area (Å²) >= 11 is 0. The minimum Gasteiger partial charge on any atom is -0.489 e. The molecule has 0 bridgehead atoms. The molecule has 5 aromatic rings. The predicted octanol–water partition coefficient (Wildman–Crippen LogP) is 6.38. The van der Waals surface area contributed by atoms with Gasteiger partial charge in [-0.25, -0.2) is 13.8 Å². The molecule has 0 radical (unpaired) electrons. The van der Waals surface area contributed by atoms with Gasteiger partial charge in [-0.2, -0.15) is 5.10 Å². The lowest BCUT2D eigenvalue weighted by atomic mass is 10.1. The fourth-order valence-corrected chi connectivity index (χ4v) is 6.01. The number of carbonyl (C=O) groups excluding carboxylic acids is 1. The van der Waals surface area contributed by atoms with Gasteiger partial charge in [0.25, 0.3) is 15.9 Å². The second kappa shape index (κ2) is 12.7. The molecule has 0 aliphatic carbocycles. The van der Waals surface area contributed by atoms with E-state index in [4.69, 9.17) is 4.74 Å². The van der Waals surface area contributed by atoms with Crippen LogP contribution in [-0.4, -0.2) is 27.1 Å². The van der Waals surface area contributed by atoms with Crippen LogP contribution in [0.15, 0.2) is 125 Å². The zero-order chi connectivity index (χ0) is 29.5. The van der Waals surface area contributed by atoms with Gasteiger partial charge in [-0.3, -0.25) is 9.10 Å². The Labute approximate surface area is 246 Å². The van der Waals surface area contributed by atoms with Crippen LogP contribution < -0.4 is 14.5 Å². The van der Waals surface area contributed by atoms with E-state index in [1.807, 2.05) is 56.3 Å². The highest BCUT2D eigenvalue weighted by Gasteiger charge is 2.28. The van der Waals surface area contributed by atoms with E-state index in [1.165, 1.54) is 29.1 Å². The number of aryl methyl sites for hydroxylation is 1. The predicted molar refractivity (Wildman–Crippen MR) is 167 cm³/mol. The number of nitrogens with zero attached hydrogens (tertiary/aromatic N) is 2. The number of hydrogen-bond donors (Lipinski definition) is 1. The lowest BCUT2D eigenvalue weighted by Gasteiger charge is -2.26. The highest BCUT2D eigenvalue weighted by Crippen LogP contribution is 2.28. The van der Waals surface area contributed by atoms with E-state index in [0.717, 1.165) is 26.6 Å². The molecule has 1 N–H and O–H groups in total. The molecule has 0 fully saturated rings. The van der Waals surface area contributed by atoms with Crippen molar-refractivity contribution in [2.75, 3.05) is 10.8 Å². The molecule has 8 heteroatoms. The number of fused-ring (bicyclic) bond motifs is 1. The van der Waals surface area contributed by atoms with Crippen molar-refractivity contribution in [3.63, 3.8) is 0 Å². The van der Waals surface area contributed by atoms with Crippen LogP contribution in [0.4, 0.5) is 5.69 Å². The summed E-state index contributed by atoms with van der Waals surface area (Å²) in [5.41, 5.74) is 6.42. The molecule has 0 spiro atoms. The minimum atomic E-state index is -4.00. The molecule has 0 aliphatic rings. The molecule has 0 heterocycles. The lowest BCUT2D eigenvalue weighted by molar-refractivity contribution is -0.119. The van der Waals surface area contributed by atoms with E-state index >= 15 is 0 Å². The number of carbonyl (C=O) groups is 1. The Morgan fingerprint density at radius 1 is 0.833 bits per heavy atom. The average Bonchev–Trinajstić information content (AvgIpc) is 3.01. The Morgan fingerprint density at radius 2 is 1.55 bits per heavy atom. The van der Waals surface area contributed by atoms with Gasteiger partial charge in [0.15, 0.2) is 0 Å². The summed E-state index contributed by atoms with van der Waals surface area (Å²) in [6, 6.07) is 35.2. The van der Waals surface area contributed by atoms with E-state index < -0.39 is 22.5 Å². The van der Waals surface area contributed by atoms with Gasteiger partial charge in [0.05, 0.1) is 16.8 Å². The second-order valence-corrected chi connectivity index (χ2v) is 11.7. The van der Waals surface area contributed by atoms with Crippen LogP contribution in [0.1, 0.15) is 22.3 Å². The molecule has 0 aromatic heterocycles. The van der Waals surface area contributed by atoms with Gasteiger partial charge < -0.3 is 4.74 Å². The number of nitrogens with one attached hydrogen (secondary N) is 1. The summed E-state index contributed by atoms with van der Waals surface area (Å²) in [5, 5.41) is 6.40. The minimum absolute atomic E-state index is 0.102. The van der Waals surface area contributed by atoms with Crippen molar-refractivity contribution in [3.05, 3.63) is 138 Å². The SMILES string of the molecule is Cc1cccc(N(CC(=O)N/N=C\c2ccc(OCc3ccc4ccccc4c3)cc2)S(=O)(=O)c2ccccc2)c1C. The first-order chi connectivity index (χ1) is 20.3. The Hall–Kier alpha value is -4.95. The van der Waals surface area contributed by atoms with E-state index in [9.17, 15) is 13.2 Å². The molecule has 1 amide bonds. The first-order valence-corrected chi connectivity index (χ1v) is 14.9. The Morgan fingerprint density at radius 3 is 2.31 bits per heavy atom. The largest absolute Gasteiger partial charge is 0.489 e. The van der Waals surface area contributed by atoms with Crippen molar-refractivity contribution in [3.8, 4) is 5.75 Å². The third kappa shape index (κ3) is 6.67. The fraction of sp³-hybridized carbons (Fsp3) is 0.118. The molecular formula is C34H31N3O4S. The summed E-state index contributed by atoms with van der Waals surface area (Å²) in [4.78, 5) is 13.0. The van der Waals surface area contributed by atoms with Crippen molar-refractivity contribution in [2.45, 2.75) is 25.3 Å². The van der Waals surface area contributed by atoms with Crippen LogP contribution >= 0.6 is 0 Å². The Balaban J connectivity index is 1.22. The van der Waals surface area contributed by atoms with Crippen molar-refractivity contribution >= 4 is 38.6 Å². The number of anilines is 1. The van der Waals surface area contributed by atoms with Crippen molar-refractivity contribution in [2.24, 2.45) is 5.10 Å². The first kappa shape index (κ1) is 28.6. The molecule has 0 saturated heterocycles. The Bertz CT molecular complexity index is 1840. The van der Waals surface area contributed by atoms with Gasteiger partial charge in [-0.1, -0.05) is 66.7 Å². The highest BCUT2D eigenvalue weighted by molar-refractivity contribution is 7.92. The van der Waals surface area contributed by atoms with Crippen LogP contribution in [0.5, 0.6) is 5.75 Å². The number of benzene rings is 5. The highest BCUT2D eigenvalue weighted by atomic mass is 32.2. The molecule has 5 rings (SSSR count). The van der Waals surface area contributed by atoms with Crippen LogP contribution in [0, 0.1) is 13.8 Å². The van der Waals surface area contributed by atoms with Crippen LogP contribution in [-0.2, 0) is 21.4 Å². The molecule has 5 aromatic carbocycles. The summed E-state index contributed by atoms with van der Waals surface area (Å²) < 4.78 is 34.2. The standard InChI is InChI=1S/C34H31N3O4S/c1-25-9-8-14-33(26(25)2)37(42(39,40)32-12-4-3-5-13-32)23-34(38)36-35-22-27-16-19-31(20-17-27)41-24-28-15-18-29-10-6-7-11-30(29)21-28/h3-22H,23-24H2,1-2H3,(H,36,38)/b35-22-. The maximum atomic E-state index is 13.6. The Kier molecular flexibility index (Phi) is 8.64. The topological polar surface area (TPSA) is 88.1 Å². The first-order valence-electron chi connectivity index (χ1n) is 13.5. The van der Waals surface area contributed by atoms with Crippen LogP contribution in [0.25, 0.3) is 10.8 Å². The van der Waals surface area contributed by atoms with Crippen molar-refractivity contribution < 1.29 is 17.9 Å². The van der Waals surface area contributed by atoms with E-state index in [1.54, 1.807) is 30.3 Å². The van der Waals surface area contributed by atoms with E-state index in [2.05, 4.69) is 40.9 Å². The summed E-state index contributed by atoms with van der Waals surface area (Å²) in [6.07, 6.45) is 1.50. The number of rotatable bonds is 10. The molecule has 42 heavy (non-hydrogen) atoms. The molecule has 212 valence electrons. The smallest absolute Gasteiger partial charge is 0.264 e.